The third kappa shape index (κ3) is 3.30. The minimum absolute atomic E-state index is 0.0347. The van der Waals surface area contributed by atoms with Gasteiger partial charge in [0.1, 0.15) is 5.82 Å². The highest BCUT2D eigenvalue weighted by Gasteiger charge is 2.34. The predicted octanol–water partition coefficient (Wildman–Crippen LogP) is 2.52. The molecule has 88 valence electrons. The average Bonchev–Trinajstić information content (AvgIpc) is 2.14. The summed E-state index contributed by atoms with van der Waals surface area (Å²) in [5.41, 5.74) is 3.34. The van der Waals surface area contributed by atoms with Crippen LogP contribution < -0.4 is 10.5 Å². The Morgan fingerprint density at radius 3 is 2.50 bits per heavy atom. The van der Waals surface area contributed by atoms with Crippen molar-refractivity contribution in [2.45, 2.75) is 11.1 Å². The number of amides is 2. The van der Waals surface area contributed by atoms with Gasteiger partial charge in [-0.2, -0.15) is 13.2 Å². The van der Waals surface area contributed by atoms with Crippen LogP contribution in [0.4, 0.5) is 22.4 Å². The summed E-state index contributed by atoms with van der Waals surface area (Å²) in [6.07, 6.45) is -4.77. The Morgan fingerprint density at radius 2 is 2.00 bits per heavy atom. The van der Waals surface area contributed by atoms with E-state index in [1.165, 1.54) is 0 Å². The second-order valence-electron chi connectivity index (χ2n) is 2.71. The van der Waals surface area contributed by atoms with E-state index in [1.807, 2.05) is 4.72 Å². The molecule has 16 heavy (non-hydrogen) atoms. The molecule has 2 amide bonds. The molecule has 1 aromatic rings. The SMILES string of the molecule is NC(=O)NSc1ccc(F)c(C(F)(F)F)c1. The summed E-state index contributed by atoms with van der Waals surface area (Å²) in [7, 11) is 0. The third-order valence-electron chi connectivity index (χ3n) is 1.51. The second-order valence-corrected chi connectivity index (χ2v) is 3.59. The monoisotopic (exact) mass is 254 g/mol. The molecule has 1 aromatic carbocycles. The van der Waals surface area contributed by atoms with Crippen LogP contribution in [-0.4, -0.2) is 6.03 Å². The first-order valence-corrected chi connectivity index (χ1v) is 4.71. The Bertz CT molecular complexity index is 408. The van der Waals surface area contributed by atoms with Gasteiger partial charge in [0.25, 0.3) is 0 Å². The Kier molecular flexibility index (Phi) is 3.63. The van der Waals surface area contributed by atoms with Gasteiger partial charge in [-0.25, -0.2) is 9.18 Å². The quantitative estimate of drug-likeness (QED) is 0.629. The van der Waals surface area contributed by atoms with Crippen LogP contribution in [0.15, 0.2) is 23.1 Å². The molecule has 3 nitrogen and oxygen atoms in total. The minimum Gasteiger partial charge on any atom is -0.351 e. The zero-order valence-electron chi connectivity index (χ0n) is 7.64. The summed E-state index contributed by atoms with van der Waals surface area (Å²) >= 11 is 0.576. The summed E-state index contributed by atoms with van der Waals surface area (Å²) in [4.78, 5) is 10.4. The van der Waals surface area contributed by atoms with Crippen molar-refractivity contribution < 1.29 is 22.4 Å². The molecular formula is C8H6F4N2OS. The van der Waals surface area contributed by atoms with Gasteiger partial charge < -0.3 is 5.73 Å². The number of hydrogen-bond donors (Lipinski definition) is 2. The molecule has 0 spiro atoms. The molecule has 0 bridgehead atoms. The molecule has 0 aromatic heterocycles. The van der Waals surface area contributed by atoms with Gasteiger partial charge in [0, 0.05) is 4.90 Å². The number of urea groups is 1. The number of benzene rings is 1. The lowest BCUT2D eigenvalue weighted by atomic mass is 10.2. The van der Waals surface area contributed by atoms with E-state index in [4.69, 9.17) is 5.73 Å². The Balaban J connectivity index is 2.94. The maximum absolute atomic E-state index is 12.8. The van der Waals surface area contributed by atoms with E-state index in [0.717, 1.165) is 6.07 Å². The van der Waals surface area contributed by atoms with E-state index in [9.17, 15) is 22.4 Å². The molecule has 0 aliphatic carbocycles. The molecule has 0 unspecified atom stereocenters. The number of carbonyl (C=O) groups is 1. The van der Waals surface area contributed by atoms with Crippen molar-refractivity contribution in [1.29, 1.82) is 0 Å². The molecule has 0 aliphatic rings. The summed E-state index contributed by atoms with van der Waals surface area (Å²) < 4.78 is 51.6. The number of hydrogen-bond acceptors (Lipinski definition) is 2. The van der Waals surface area contributed by atoms with Gasteiger partial charge in [-0.15, -0.1) is 0 Å². The van der Waals surface area contributed by atoms with Gasteiger partial charge in [-0.05, 0) is 30.1 Å². The first-order valence-electron chi connectivity index (χ1n) is 3.90. The first-order chi connectivity index (χ1) is 7.30. The molecule has 0 atom stereocenters. The van der Waals surface area contributed by atoms with Crippen molar-refractivity contribution in [2.24, 2.45) is 5.73 Å². The third-order valence-corrected chi connectivity index (χ3v) is 2.31. The number of primary amides is 1. The molecule has 1 rings (SSSR count). The molecule has 0 radical (unpaired) electrons. The number of nitrogens with one attached hydrogen (secondary N) is 1. The van der Waals surface area contributed by atoms with Gasteiger partial charge in [0.05, 0.1) is 5.56 Å². The van der Waals surface area contributed by atoms with Gasteiger partial charge in [-0.1, -0.05) is 0 Å². The van der Waals surface area contributed by atoms with E-state index >= 15 is 0 Å². The van der Waals surface area contributed by atoms with Crippen LogP contribution in [0.3, 0.4) is 0 Å². The molecule has 0 saturated carbocycles. The first kappa shape index (κ1) is 12.6. The van der Waals surface area contributed by atoms with Crippen molar-refractivity contribution in [3.63, 3.8) is 0 Å². The summed E-state index contributed by atoms with van der Waals surface area (Å²) in [5.74, 6) is -1.36. The molecule has 0 saturated heterocycles. The van der Waals surface area contributed by atoms with Gasteiger partial charge in [-0.3, -0.25) is 4.72 Å². The van der Waals surface area contributed by atoms with Gasteiger partial charge >= 0.3 is 12.2 Å². The van der Waals surface area contributed by atoms with Crippen molar-refractivity contribution in [3.8, 4) is 0 Å². The lowest BCUT2D eigenvalue weighted by molar-refractivity contribution is -0.140. The smallest absolute Gasteiger partial charge is 0.351 e. The lowest BCUT2D eigenvalue weighted by Gasteiger charge is -2.09. The fourth-order valence-electron chi connectivity index (χ4n) is 0.894. The maximum atomic E-state index is 12.8. The van der Waals surface area contributed by atoms with E-state index in [1.54, 1.807) is 0 Å². The van der Waals surface area contributed by atoms with E-state index in [0.29, 0.717) is 24.1 Å². The molecule has 3 N–H and O–H groups in total. The number of nitrogens with two attached hydrogens (primary N) is 1. The van der Waals surface area contributed by atoms with E-state index in [2.05, 4.69) is 0 Å². The van der Waals surface area contributed by atoms with E-state index < -0.39 is 23.6 Å². The van der Waals surface area contributed by atoms with Crippen molar-refractivity contribution >= 4 is 18.0 Å². The van der Waals surface area contributed by atoms with E-state index in [-0.39, 0.29) is 4.90 Å². The highest BCUT2D eigenvalue weighted by molar-refractivity contribution is 7.98. The standard InChI is InChI=1S/C8H6F4N2OS/c9-6-2-1-4(16-14-7(13)15)3-5(6)8(10,11)12/h1-3H,(H3,13,14,15). The molecular weight excluding hydrogens is 248 g/mol. The minimum atomic E-state index is -4.77. The fourth-order valence-corrected chi connectivity index (χ4v) is 1.43. The number of alkyl halides is 3. The number of carbonyl (C=O) groups excluding carboxylic acids is 1. The Morgan fingerprint density at radius 1 is 1.38 bits per heavy atom. The predicted molar refractivity (Wildman–Crippen MR) is 50.0 cm³/mol. The highest BCUT2D eigenvalue weighted by Crippen LogP contribution is 2.33. The molecule has 0 aliphatic heterocycles. The molecule has 0 fully saturated rings. The zero-order valence-corrected chi connectivity index (χ0v) is 8.45. The van der Waals surface area contributed by atoms with Crippen LogP contribution in [0.5, 0.6) is 0 Å². The summed E-state index contributed by atoms with van der Waals surface area (Å²) in [6, 6.07) is 1.47. The van der Waals surface area contributed by atoms with Crippen LogP contribution in [0.25, 0.3) is 0 Å². The van der Waals surface area contributed by atoms with Crippen molar-refractivity contribution in [2.75, 3.05) is 0 Å². The topological polar surface area (TPSA) is 55.1 Å². The van der Waals surface area contributed by atoms with Crippen LogP contribution in [0.2, 0.25) is 0 Å². The number of halogens is 4. The summed E-state index contributed by atoms with van der Waals surface area (Å²) in [6.45, 7) is 0. The normalized spacial score (nSPS) is 11.2. The van der Waals surface area contributed by atoms with Crippen LogP contribution in [-0.2, 0) is 6.18 Å². The maximum Gasteiger partial charge on any atom is 0.419 e. The second kappa shape index (κ2) is 4.60. The molecule has 0 heterocycles. The van der Waals surface area contributed by atoms with Crippen LogP contribution in [0.1, 0.15) is 5.56 Å². The van der Waals surface area contributed by atoms with Crippen molar-refractivity contribution in [1.82, 2.24) is 4.72 Å². The lowest BCUT2D eigenvalue weighted by Crippen LogP contribution is -2.22. The highest BCUT2D eigenvalue weighted by atomic mass is 32.2. The fraction of sp³-hybridized carbons (Fsp3) is 0.125. The molecule has 8 heteroatoms. The number of rotatable bonds is 2. The zero-order chi connectivity index (χ0) is 12.3. The van der Waals surface area contributed by atoms with Crippen LogP contribution in [0, 0.1) is 5.82 Å². The average molecular weight is 254 g/mol. The van der Waals surface area contributed by atoms with Crippen LogP contribution >= 0.6 is 11.9 Å². The van der Waals surface area contributed by atoms with Crippen molar-refractivity contribution in [3.05, 3.63) is 29.6 Å². The van der Waals surface area contributed by atoms with Gasteiger partial charge in [0.15, 0.2) is 0 Å². The Hall–Kier alpha value is -1.44. The van der Waals surface area contributed by atoms with Gasteiger partial charge in [0.2, 0.25) is 0 Å². The Labute approximate surface area is 92.1 Å². The summed E-state index contributed by atoms with van der Waals surface area (Å²) in [5, 5.41) is 0. The largest absolute Gasteiger partial charge is 0.419 e.